The van der Waals surface area contributed by atoms with E-state index in [1.54, 1.807) is 18.2 Å². The minimum Gasteiger partial charge on any atom is -0.445 e. The molecule has 2 amide bonds. The molecule has 8 heteroatoms. The van der Waals surface area contributed by atoms with Crippen molar-refractivity contribution in [3.8, 4) is 5.75 Å². The zero-order valence-electron chi connectivity index (χ0n) is 25.4. The number of para-hydroxylation sites is 1. The number of hydroxylamine groups is 1. The van der Waals surface area contributed by atoms with Gasteiger partial charge in [0.25, 0.3) is 5.91 Å². The van der Waals surface area contributed by atoms with Crippen LogP contribution in [0.4, 0.5) is 4.79 Å². The molecule has 0 saturated heterocycles. The number of ether oxygens (including phenoxy) is 1. The molecular formula is C36H45N3O5. The van der Waals surface area contributed by atoms with E-state index in [4.69, 9.17) is 15.3 Å². The van der Waals surface area contributed by atoms with E-state index >= 15 is 0 Å². The van der Waals surface area contributed by atoms with Gasteiger partial charge < -0.3 is 25.7 Å². The molecular weight excluding hydrogens is 554 g/mol. The summed E-state index contributed by atoms with van der Waals surface area (Å²) in [5, 5.41) is 15.1. The average molecular weight is 600 g/mol. The number of hydrogen-bond donors (Lipinski definition) is 4. The van der Waals surface area contributed by atoms with Crippen molar-refractivity contribution in [1.82, 2.24) is 10.8 Å². The van der Waals surface area contributed by atoms with Gasteiger partial charge in [-0.25, -0.2) is 4.79 Å². The second-order valence-corrected chi connectivity index (χ2v) is 11.4. The molecule has 1 saturated carbocycles. The average Bonchev–Trinajstić information content (AvgIpc) is 3.21. The fourth-order valence-electron chi connectivity index (χ4n) is 5.80. The summed E-state index contributed by atoms with van der Waals surface area (Å²) in [4.78, 5) is 30.1. The topological polar surface area (TPSA) is 123 Å². The van der Waals surface area contributed by atoms with E-state index < -0.39 is 23.6 Å². The van der Waals surface area contributed by atoms with Crippen LogP contribution in [0.1, 0.15) is 86.0 Å². The smallest absolute Gasteiger partial charge is 0.407 e. The molecule has 1 aliphatic carbocycles. The third-order valence-corrected chi connectivity index (χ3v) is 8.28. The zero-order valence-corrected chi connectivity index (χ0v) is 25.4. The largest absolute Gasteiger partial charge is 0.445 e. The maximum Gasteiger partial charge on any atom is 0.407 e. The molecule has 3 aromatic carbocycles. The van der Waals surface area contributed by atoms with Crippen LogP contribution in [0.5, 0.6) is 5.75 Å². The number of hydrogen-bond acceptors (Lipinski definition) is 6. The van der Waals surface area contributed by atoms with Gasteiger partial charge in [-0.3, -0.25) is 4.79 Å². The molecule has 2 atom stereocenters. The van der Waals surface area contributed by atoms with Crippen LogP contribution >= 0.6 is 0 Å². The van der Waals surface area contributed by atoms with E-state index in [2.05, 4.69) is 29.5 Å². The minimum atomic E-state index is -1.56. The minimum absolute atomic E-state index is 0.0889. The lowest BCUT2D eigenvalue weighted by atomic mass is 9.79. The number of carbonyl (C=O) groups excluding carboxylic acids is 2. The predicted molar refractivity (Wildman–Crippen MR) is 172 cm³/mol. The van der Waals surface area contributed by atoms with Crippen LogP contribution in [0.25, 0.3) is 0 Å². The molecule has 3 aromatic rings. The molecule has 0 bridgehead atoms. The van der Waals surface area contributed by atoms with Crippen molar-refractivity contribution in [2.45, 2.75) is 75.3 Å². The first kappa shape index (κ1) is 32.8. The van der Waals surface area contributed by atoms with Crippen LogP contribution in [0.15, 0.2) is 91.5 Å². The molecule has 0 spiro atoms. The highest BCUT2D eigenvalue weighted by Gasteiger charge is 2.37. The van der Waals surface area contributed by atoms with Gasteiger partial charge in [0, 0.05) is 12.1 Å². The number of nitrogens with one attached hydrogen (secondary N) is 2. The van der Waals surface area contributed by atoms with Crippen molar-refractivity contribution < 1.29 is 24.3 Å². The van der Waals surface area contributed by atoms with E-state index in [0.717, 1.165) is 0 Å². The van der Waals surface area contributed by atoms with Gasteiger partial charge in [-0.1, -0.05) is 124 Å². The fourth-order valence-corrected chi connectivity index (χ4v) is 5.80. The molecule has 1 aliphatic rings. The van der Waals surface area contributed by atoms with Crippen LogP contribution in [0, 0.1) is 0 Å². The Morgan fingerprint density at radius 3 is 2.20 bits per heavy atom. The first-order chi connectivity index (χ1) is 21.4. The summed E-state index contributed by atoms with van der Waals surface area (Å²) in [6, 6.07) is 23.9. The van der Waals surface area contributed by atoms with Gasteiger partial charge in [-0.15, -0.1) is 0 Å². The third-order valence-electron chi connectivity index (χ3n) is 8.28. The lowest BCUT2D eigenvalue weighted by molar-refractivity contribution is -0.129. The van der Waals surface area contributed by atoms with Gasteiger partial charge in [-0.2, -0.15) is 5.48 Å². The van der Waals surface area contributed by atoms with E-state index in [1.807, 2.05) is 48.5 Å². The summed E-state index contributed by atoms with van der Waals surface area (Å²) in [5.41, 5.74) is 10.0. The highest BCUT2D eigenvalue weighted by Crippen LogP contribution is 2.42. The Hall–Kier alpha value is -4.14. The first-order valence-corrected chi connectivity index (χ1v) is 15.6. The molecule has 4 rings (SSSR count). The van der Waals surface area contributed by atoms with Crippen LogP contribution in [-0.2, 0) is 15.1 Å². The summed E-state index contributed by atoms with van der Waals surface area (Å²) >= 11 is 0. The SMILES string of the molecule is C=CCOC(=O)NCCC(N)C(=O)NOc1ccccc1C(O)(c1ccccc1)c1ccc(C2CCCCCCCC2)cc1. The number of benzene rings is 3. The van der Waals surface area contributed by atoms with Gasteiger partial charge in [0.15, 0.2) is 5.75 Å². The predicted octanol–water partition coefficient (Wildman–Crippen LogP) is 6.23. The summed E-state index contributed by atoms with van der Waals surface area (Å²) in [6.07, 6.45) is 11.1. The highest BCUT2D eigenvalue weighted by molar-refractivity contribution is 5.80. The molecule has 0 aliphatic heterocycles. The van der Waals surface area contributed by atoms with Crippen molar-refractivity contribution in [3.05, 3.63) is 114 Å². The van der Waals surface area contributed by atoms with E-state index in [-0.39, 0.29) is 25.3 Å². The summed E-state index contributed by atoms with van der Waals surface area (Å²) < 4.78 is 4.85. The Kier molecular flexibility index (Phi) is 12.4. The van der Waals surface area contributed by atoms with Crippen molar-refractivity contribution in [1.29, 1.82) is 0 Å². The molecule has 2 unspecified atom stereocenters. The third kappa shape index (κ3) is 8.71. The van der Waals surface area contributed by atoms with Gasteiger partial charge in [0.1, 0.15) is 12.2 Å². The Bertz CT molecular complexity index is 1340. The van der Waals surface area contributed by atoms with Crippen LogP contribution < -0.4 is 21.4 Å². The fraction of sp³-hybridized carbons (Fsp3) is 0.389. The number of carbonyl (C=O) groups is 2. The van der Waals surface area contributed by atoms with Gasteiger partial charge in [0.2, 0.25) is 0 Å². The highest BCUT2D eigenvalue weighted by atomic mass is 16.7. The molecule has 0 radical (unpaired) electrons. The molecule has 0 heterocycles. The number of nitrogens with two attached hydrogens (primary N) is 1. The second kappa shape index (κ2) is 16.6. The van der Waals surface area contributed by atoms with Gasteiger partial charge >= 0.3 is 6.09 Å². The first-order valence-electron chi connectivity index (χ1n) is 15.6. The van der Waals surface area contributed by atoms with Crippen LogP contribution in [0.3, 0.4) is 0 Å². The monoisotopic (exact) mass is 599 g/mol. The van der Waals surface area contributed by atoms with Crippen LogP contribution in [-0.4, -0.2) is 36.3 Å². The molecule has 8 nitrogen and oxygen atoms in total. The Balaban J connectivity index is 1.52. The van der Waals surface area contributed by atoms with Gasteiger partial charge in [-0.05, 0) is 47.9 Å². The van der Waals surface area contributed by atoms with Crippen molar-refractivity contribution in [3.63, 3.8) is 0 Å². The molecule has 44 heavy (non-hydrogen) atoms. The van der Waals surface area contributed by atoms with Crippen molar-refractivity contribution in [2.24, 2.45) is 5.73 Å². The molecule has 0 aromatic heterocycles. The Labute approximate surface area is 260 Å². The maximum atomic E-state index is 12.7. The summed E-state index contributed by atoms with van der Waals surface area (Å²) in [5.74, 6) is 0.240. The number of aliphatic hydroxyl groups is 1. The Morgan fingerprint density at radius 2 is 1.52 bits per heavy atom. The van der Waals surface area contributed by atoms with E-state index in [1.165, 1.54) is 63.0 Å². The van der Waals surface area contributed by atoms with E-state index in [0.29, 0.717) is 22.6 Å². The van der Waals surface area contributed by atoms with Crippen molar-refractivity contribution >= 4 is 12.0 Å². The standard InChI is InChI=1S/C36H45N3O5/c1-2-26-43-35(41)38-25-24-32(37)34(40)39-44-33-19-13-12-18-31(33)36(42,29-16-10-7-11-17-29)30-22-20-28(21-23-30)27-14-8-5-3-4-6-9-15-27/h2,7,10-13,16-23,27,32,42H,1,3-6,8-9,14-15,24-26,37H2,(H,38,41)(H,39,40). The zero-order chi connectivity index (χ0) is 31.2. The van der Waals surface area contributed by atoms with Crippen molar-refractivity contribution in [2.75, 3.05) is 13.2 Å². The molecule has 234 valence electrons. The number of amides is 2. The maximum absolute atomic E-state index is 12.7. The second-order valence-electron chi connectivity index (χ2n) is 11.4. The lowest BCUT2D eigenvalue weighted by Crippen LogP contribution is -2.44. The van der Waals surface area contributed by atoms with E-state index in [9.17, 15) is 14.7 Å². The quantitative estimate of drug-likeness (QED) is 0.111. The molecule has 5 N–H and O–H groups in total. The Morgan fingerprint density at radius 1 is 0.909 bits per heavy atom. The van der Waals surface area contributed by atoms with Crippen LogP contribution in [0.2, 0.25) is 0 Å². The number of alkyl carbamates (subject to hydrolysis) is 1. The normalized spacial score (nSPS) is 16.2. The number of rotatable bonds is 12. The summed E-state index contributed by atoms with van der Waals surface area (Å²) in [7, 11) is 0. The lowest BCUT2D eigenvalue weighted by Gasteiger charge is -2.32. The van der Waals surface area contributed by atoms with Gasteiger partial charge in [0.05, 0.1) is 6.04 Å². The molecule has 1 fully saturated rings. The summed E-state index contributed by atoms with van der Waals surface area (Å²) in [6.45, 7) is 3.72.